The summed E-state index contributed by atoms with van der Waals surface area (Å²) in [5, 5.41) is 2.49. The van der Waals surface area contributed by atoms with Crippen molar-refractivity contribution in [2.45, 2.75) is 0 Å². The van der Waals surface area contributed by atoms with Gasteiger partial charge in [-0.15, -0.1) is 0 Å². The fourth-order valence-corrected chi connectivity index (χ4v) is 3.09. The Labute approximate surface area is 154 Å². The van der Waals surface area contributed by atoms with Gasteiger partial charge >= 0.3 is 0 Å². The van der Waals surface area contributed by atoms with Gasteiger partial charge in [-0.3, -0.25) is 4.99 Å². The number of hydrogen-bond donors (Lipinski definition) is 0. The maximum absolute atomic E-state index is 4.59. The molecule has 0 spiro atoms. The van der Waals surface area contributed by atoms with E-state index in [0.717, 1.165) is 17.1 Å². The number of nitrogens with zero attached hydrogens (tertiary/aromatic N) is 2. The third-order valence-electron chi connectivity index (χ3n) is 3.96. The Morgan fingerprint density at radius 1 is 0.792 bits per heavy atom. The Hall–Kier alpha value is -2.40. The predicted molar refractivity (Wildman–Crippen MR) is 110 cm³/mol. The van der Waals surface area contributed by atoms with Crippen LogP contribution < -0.4 is 0 Å². The van der Waals surface area contributed by atoms with Crippen molar-refractivity contribution in [3.63, 3.8) is 0 Å². The summed E-state index contributed by atoms with van der Waals surface area (Å²) in [6.07, 6.45) is 3.98. The van der Waals surface area contributed by atoms with Crippen molar-refractivity contribution in [1.29, 1.82) is 0 Å². The molecule has 116 valence electrons. The Morgan fingerprint density at radius 3 is 2.42 bits per heavy atom. The van der Waals surface area contributed by atoms with Crippen LogP contribution in [0.5, 0.6) is 0 Å². The average molecular weight is 422 g/mol. The van der Waals surface area contributed by atoms with Gasteiger partial charge in [0.15, 0.2) is 0 Å². The molecule has 3 aromatic carbocycles. The van der Waals surface area contributed by atoms with Crippen LogP contribution >= 0.6 is 22.6 Å². The standard InChI is InChI=1S/C21H15IN2/c22-18-8-10-19(11-9-18)23-15-21-6-3-13-24(21)20-12-7-16-4-1-2-5-17(16)14-20/h1-15H. The zero-order chi connectivity index (χ0) is 16.4. The SMILES string of the molecule is Ic1ccc(N=Cc2cccn2-c2ccc3ccccc3c2)cc1. The molecule has 0 saturated heterocycles. The van der Waals surface area contributed by atoms with Crippen molar-refractivity contribution in [2.24, 2.45) is 4.99 Å². The first kappa shape index (κ1) is 15.1. The molecule has 1 heterocycles. The van der Waals surface area contributed by atoms with Crippen LogP contribution in [0.25, 0.3) is 16.5 Å². The van der Waals surface area contributed by atoms with Gasteiger partial charge in [0.05, 0.1) is 17.6 Å². The lowest BCUT2D eigenvalue weighted by Crippen LogP contribution is -1.97. The second-order valence-electron chi connectivity index (χ2n) is 5.57. The van der Waals surface area contributed by atoms with E-state index >= 15 is 0 Å². The molecule has 0 atom stereocenters. The molecule has 24 heavy (non-hydrogen) atoms. The van der Waals surface area contributed by atoms with Crippen LogP contribution in [0, 0.1) is 3.57 Å². The number of aliphatic imine (C=N–C) groups is 1. The molecular formula is C21H15IN2. The normalized spacial score (nSPS) is 11.4. The Balaban J connectivity index is 1.69. The van der Waals surface area contributed by atoms with E-state index in [0.29, 0.717) is 0 Å². The van der Waals surface area contributed by atoms with Crippen molar-refractivity contribution < 1.29 is 0 Å². The Bertz CT molecular complexity index is 1010. The first-order valence-electron chi connectivity index (χ1n) is 7.76. The highest BCUT2D eigenvalue weighted by Gasteiger charge is 2.02. The molecule has 0 aliphatic carbocycles. The topological polar surface area (TPSA) is 17.3 Å². The zero-order valence-electron chi connectivity index (χ0n) is 12.9. The third kappa shape index (κ3) is 3.12. The highest BCUT2D eigenvalue weighted by atomic mass is 127. The first-order chi connectivity index (χ1) is 11.8. The van der Waals surface area contributed by atoms with Crippen molar-refractivity contribution in [2.75, 3.05) is 0 Å². The molecule has 0 amide bonds. The van der Waals surface area contributed by atoms with E-state index in [4.69, 9.17) is 0 Å². The van der Waals surface area contributed by atoms with Gasteiger partial charge in [0.2, 0.25) is 0 Å². The van der Waals surface area contributed by atoms with Gasteiger partial charge in [-0.05, 0) is 81.9 Å². The van der Waals surface area contributed by atoms with Crippen LogP contribution in [0.1, 0.15) is 5.69 Å². The number of aromatic nitrogens is 1. The number of fused-ring (bicyclic) bond motifs is 1. The van der Waals surface area contributed by atoms with Gasteiger partial charge in [-0.25, -0.2) is 0 Å². The van der Waals surface area contributed by atoms with E-state index in [9.17, 15) is 0 Å². The van der Waals surface area contributed by atoms with E-state index in [1.54, 1.807) is 0 Å². The molecule has 0 unspecified atom stereocenters. The zero-order valence-corrected chi connectivity index (χ0v) is 15.1. The lowest BCUT2D eigenvalue weighted by Gasteiger charge is -2.08. The molecule has 0 N–H and O–H groups in total. The molecule has 0 fully saturated rings. The van der Waals surface area contributed by atoms with Crippen LogP contribution in [0.4, 0.5) is 5.69 Å². The lowest BCUT2D eigenvalue weighted by atomic mass is 10.1. The Morgan fingerprint density at radius 2 is 1.58 bits per heavy atom. The van der Waals surface area contributed by atoms with Crippen molar-refractivity contribution in [3.8, 4) is 5.69 Å². The summed E-state index contributed by atoms with van der Waals surface area (Å²) >= 11 is 2.30. The summed E-state index contributed by atoms with van der Waals surface area (Å²) in [4.78, 5) is 4.59. The van der Waals surface area contributed by atoms with Crippen LogP contribution in [0.3, 0.4) is 0 Å². The molecular weight excluding hydrogens is 407 g/mol. The maximum Gasteiger partial charge on any atom is 0.0639 e. The number of benzene rings is 3. The monoisotopic (exact) mass is 422 g/mol. The molecule has 1 aromatic heterocycles. The maximum atomic E-state index is 4.59. The third-order valence-corrected chi connectivity index (χ3v) is 4.68. The summed E-state index contributed by atoms with van der Waals surface area (Å²) in [6, 6.07) is 27.2. The van der Waals surface area contributed by atoms with Crippen LogP contribution in [-0.4, -0.2) is 10.8 Å². The van der Waals surface area contributed by atoms with Gasteiger partial charge in [0.1, 0.15) is 0 Å². The highest BCUT2D eigenvalue weighted by molar-refractivity contribution is 14.1. The van der Waals surface area contributed by atoms with E-state index < -0.39 is 0 Å². The largest absolute Gasteiger partial charge is 0.316 e. The van der Waals surface area contributed by atoms with Gasteiger partial charge in [0.25, 0.3) is 0 Å². The molecule has 0 saturated carbocycles. The van der Waals surface area contributed by atoms with Crippen molar-refractivity contribution in [3.05, 3.63) is 94.3 Å². The second kappa shape index (κ2) is 6.61. The van der Waals surface area contributed by atoms with Gasteiger partial charge < -0.3 is 4.57 Å². The molecule has 0 radical (unpaired) electrons. The molecule has 4 rings (SSSR count). The van der Waals surface area contributed by atoms with Gasteiger partial charge in [-0.1, -0.05) is 30.3 Å². The molecule has 2 nitrogen and oxygen atoms in total. The summed E-state index contributed by atoms with van der Waals surface area (Å²) in [5.74, 6) is 0. The highest BCUT2D eigenvalue weighted by Crippen LogP contribution is 2.20. The van der Waals surface area contributed by atoms with Gasteiger partial charge in [-0.2, -0.15) is 0 Å². The van der Waals surface area contributed by atoms with Crippen LogP contribution in [-0.2, 0) is 0 Å². The lowest BCUT2D eigenvalue weighted by molar-refractivity contribution is 1.07. The summed E-state index contributed by atoms with van der Waals surface area (Å²) < 4.78 is 3.37. The molecule has 0 aliphatic rings. The average Bonchev–Trinajstić information content (AvgIpc) is 3.09. The fourth-order valence-electron chi connectivity index (χ4n) is 2.73. The number of halogens is 1. The molecule has 0 bridgehead atoms. The quantitative estimate of drug-likeness (QED) is 0.285. The Kier molecular flexibility index (Phi) is 4.17. The second-order valence-corrected chi connectivity index (χ2v) is 6.81. The summed E-state index contributed by atoms with van der Waals surface area (Å²) in [5.41, 5.74) is 3.16. The minimum absolute atomic E-state index is 0.960. The number of hydrogen-bond acceptors (Lipinski definition) is 1. The van der Waals surface area contributed by atoms with Gasteiger partial charge in [0, 0.05) is 15.5 Å². The minimum atomic E-state index is 0.960. The molecule has 0 aliphatic heterocycles. The van der Waals surface area contributed by atoms with E-state index in [1.165, 1.54) is 14.3 Å². The van der Waals surface area contributed by atoms with Crippen LogP contribution in [0.15, 0.2) is 90.1 Å². The summed E-state index contributed by atoms with van der Waals surface area (Å²) in [6.45, 7) is 0. The predicted octanol–water partition coefficient (Wildman–Crippen LogP) is 5.99. The van der Waals surface area contributed by atoms with Crippen molar-refractivity contribution >= 4 is 45.3 Å². The number of rotatable bonds is 3. The van der Waals surface area contributed by atoms with E-state index in [1.807, 2.05) is 24.4 Å². The van der Waals surface area contributed by atoms with E-state index in [-0.39, 0.29) is 0 Å². The molecule has 3 heteroatoms. The van der Waals surface area contributed by atoms with Crippen molar-refractivity contribution in [1.82, 2.24) is 4.57 Å². The van der Waals surface area contributed by atoms with Crippen LogP contribution in [0.2, 0.25) is 0 Å². The minimum Gasteiger partial charge on any atom is -0.316 e. The summed E-state index contributed by atoms with van der Waals surface area (Å²) in [7, 11) is 0. The smallest absolute Gasteiger partial charge is 0.0639 e. The first-order valence-corrected chi connectivity index (χ1v) is 8.84. The molecule has 4 aromatic rings. The fraction of sp³-hybridized carbons (Fsp3) is 0. The van der Waals surface area contributed by atoms with E-state index in [2.05, 4.69) is 99.0 Å².